The van der Waals surface area contributed by atoms with E-state index in [9.17, 15) is 4.79 Å². The monoisotopic (exact) mass is 317 g/mol. The highest BCUT2D eigenvalue weighted by atomic mass is 35.5. The second-order valence-electron chi connectivity index (χ2n) is 4.21. The topological polar surface area (TPSA) is 46.9 Å². The SMILES string of the molecule is Cc1nn(C)c(Cl)c1C(=O)N[C@H](C)c1ccc(Cl)s1. The summed E-state index contributed by atoms with van der Waals surface area (Å²) in [6, 6.07) is 3.59. The predicted octanol–water partition coefficient (Wildman–Crippen LogP) is 3.59. The summed E-state index contributed by atoms with van der Waals surface area (Å²) < 4.78 is 2.19. The molecule has 0 saturated heterocycles. The van der Waals surface area contributed by atoms with Crippen LogP contribution in [0.2, 0.25) is 9.49 Å². The van der Waals surface area contributed by atoms with E-state index in [0.717, 1.165) is 4.88 Å². The standard InChI is InChI=1S/C12H13Cl2N3OS/c1-6(8-4-5-9(13)19-8)15-12(18)10-7(2)16-17(3)11(10)14/h4-6H,1-3H3,(H,15,18)/t6-/m1/s1. The van der Waals surface area contributed by atoms with Gasteiger partial charge in [-0.25, -0.2) is 0 Å². The van der Waals surface area contributed by atoms with Crippen molar-refractivity contribution in [2.24, 2.45) is 7.05 Å². The summed E-state index contributed by atoms with van der Waals surface area (Å²) in [4.78, 5) is 13.2. The fourth-order valence-corrected chi connectivity index (χ4v) is 3.11. The molecule has 0 saturated carbocycles. The number of rotatable bonds is 3. The van der Waals surface area contributed by atoms with Crippen molar-refractivity contribution in [2.45, 2.75) is 19.9 Å². The fraction of sp³-hybridized carbons (Fsp3) is 0.333. The molecule has 7 heteroatoms. The fourth-order valence-electron chi connectivity index (χ4n) is 1.79. The molecular weight excluding hydrogens is 305 g/mol. The number of nitrogens with zero attached hydrogens (tertiary/aromatic N) is 2. The van der Waals surface area contributed by atoms with E-state index >= 15 is 0 Å². The van der Waals surface area contributed by atoms with Crippen molar-refractivity contribution >= 4 is 40.4 Å². The Balaban J connectivity index is 2.17. The number of thiophene rings is 1. The highest BCUT2D eigenvalue weighted by molar-refractivity contribution is 7.16. The normalized spacial score (nSPS) is 12.5. The zero-order valence-corrected chi connectivity index (χ0v) is 13.0. The van der Waals surface area contributed by atoms with E-state index < -0.39 is 0 Å². The Hall–Kier alpha value is -1.04. The van der Waals surface area contributed by atoms with Gasteiger partial charge in [0.25, 0.3) is 5.91 Å². The lowest BCUT2D eigenvalue weighted by atomic mass is 10.2. The van der Waals surface area contributed by atoms with E-state index in [2.05, 4.69) is 10.4 Å². The largest absolute Gasteiger partial charge is 0.345 e. The van der Waals surface area contributed by atoms with Crippen LogP contribution in [-0.2, 0) is 7.05 Å². The van der Waals surface area contributed by atoms with Crippen molar-refractivity contribution in [1.82, 2.24) is 15.1 Å². The number of nitrogens with one attached hydrogen (secondary N) is 1. The van der Waals surface area contributed by atoms with Gasteiger partial charge in [0.1, 0.15) is 5.15 Å². The van der Waals surface area contributed by atoms with Gasteiger partial charge in [-0.3, -0.25) is 9.48 Å². The smallest absolute Gasteiger partial charge is 0.256 e. The quantitative estimate of drug-likeness (QED) is 0.940. The third kappa shape index (κ3) is 2.94. The number of carbonyl (C=O) groups is 1. The molecule has 1 atom stereocenters. The van der Waals surface area contributed by atoms with Gasteiger partial charge in [0.15, 0.2) is 0 Å². The van der Waals surface area contributed by atoms with Crippen molar-refractivity contribution in [3.05, 3.63) is 37.8 Å². The van der Waals surface area contributed by atoms with Crippen molar-refractivity contribution in [1.29, 1.82) is 0 Å². The first kappa shape index (κ1) is 14.4. The summed E-state index contributed by atoms with van der Waals surface area (Å²) in [6.07, 6.45) is 0. The maximum absolute atomic E-state index is 12.2. The molecule has 0 radical (unpaired) electrons. The minimum atomic E-state index is -0.229. The van der Waals surface area contributed by atoms with Crippen LogP contribution in [0.5, 0.6) is 0 Å². The zero-order chi connectivity index (χ0) is 14.2. The molecule has 0 aromatic carbocycles. The van der Waals surface area contributed by atoms with E-state index in [1.165, 1.54) is 16.0 Å². The summed E-state index contributed by atoms with van der Waals surface area (Å²) in [5.74, 6) is -0.229. The first-order valence-electron chi connectivity index (χ1n) is 5.65. The van der Waals surface area contributed by atoms with Crippen LogP contribution in [0.3, 0.4) is 0 Å². The van der Waals surface area contributed by atoms with E-state index in [-0.39, 0.29) is 11.9 Å². The number of halogens is 2. The number of hydrogen-bond donors (Lipinski definition) is 1. The molecular formula is C12H13Cl2N3OS. The van der Waals surface area contributed by atoms with Crippen LogP contribution in [0, 0.1) is 6.92 Å². The number of aromatic nitrogens is 2. The molecule has 1 amide bonds. The molecule has 2 rings (SSSR count). The molecule has 2 heterocycles. The molecule has 4 nitrogen and oxygen atoms in total. The van der Waals surface area contributed by atoms with Crippen molar-refractivity contribution in [2.75, 3.05) is 0 Å². The first-order chi connectivity index (χ1) is 8.90. The predicted molar refractivity (Wildman–Crippen MR) is 78.2 cm³/mol. The Bertz CT molecular complexity index is 621. The summed E-state index contributed by atoms with van der Waals surface area (Å²) in [5.41, 5.74) is 1.03. The van der Waals surface area contributed by atoms with E-state index in [1.54, 1.807) is 14.0 Å². The highest BCUT2D eigenvalue weighted by Gasteiger charge is 2.21. The van der Waals surface area contributed by atoms with Gasteiger partial charge in [-0.05, 0) is 26.0 Å². The molecule has 0 aliphatic heterocycles. The summed E-state index contributed by atoms with van der Waals surface area (Å²) in [7, 11) is 1.70. The lowest BCUT2D eigenvalue weighted by Crippen LogP contribution is -2.26. The molecule has 0 unspecified atom stereocenters. The number of amides is 1. The number of aryl methyl sites for hydroxylation is 2. The van der Waals surface area contributed by atoms with Gasteiger partial charge in [0.05, 0.1) is 21.6 Å². The molecule has 19 heavy (non-hydrogen) atoms. The Labute approximate surface area is 125 Å². The van der Waals surface area contributed by atoms with Crippen LogP contribution in [0.1, 0.15) is 33.9 Å². The second-order valence-corrected chi connectivity index (χ2v) is 6.32. The average Bonchev–Trinajstić information content (AvgIpc) is 2.84. The molecule has 2 aromatic heterocycles. The Kier molecular flexibility index (Phi) is 4.18. The average molecular weight is 318 g/mol. The highest BCUT2D eigenvalue weighted by Crippen LogP contribution is 2.27. The summed E-state index contributed by atoms with van der Waals surface area (Å²) in [6.45, 7) is 3.66. The molecule has 2 aromatic rings. The molecule has 1 N–H and O–H groups in total. The van der Waals surface area contributed by atoms with Crippen LogP contribution in [-0.4, -0.2) is 15.7 Å². The third-order valence-electron chi connectivity index (χ3n) is 2.75. The number of hydrogen-bond acceptors (Lipinski definition) is 3. The van der Waals surface area contributed by atoms with Crippen LogP contribution in [0.15, 0.2) is 12.1 Å². The van der Waals surface area contributed by atoms with Gasteiger partial charge in [-0.2, -0.15) is 5.10 Å². The molecule has 102 valence electrons. The Morgan fingerprint density at radius 2 is 2.16 bits per heavy atom. The lowest BCUT2D eigenvalue weighted by molar-refractivity contribution is 0.0940. The third-order valence-corrected chi connectivity index (χ3v) is 4.60. The first-order valence-corrected chi connectivity index (χ1v) is 7.22. The summed E-state index contributed by atoms with van der Waals surface area (Å²) in [5, 5.41) is 7.36. The van der Waals surface area contributed by atoms with Gasteiger partial charge >= 0.3 is 0 Å². The molecule has 0 bridgehead atoms. The Morgan fingerprint density at radius 1 is 1.47 bits per heavy atom. The van der Waals surface area contributed by atoms with Crippen LogP contribution >= 0.6 is 34.5 Å². The lowest BCUT2D eigenvalue weighted by Gasteiger charge is -2.12. The minimum Gasteiger partial charge on any atom is -0.345 e. The van der Waals surface area contributed by atoms with Gasteiger partial charge in [-0.1, -0.05) is 23.2 Å². The van der Waals surface area contributed by atoms with Gasteiger partial charge < -0.3 is 5.32 Å². The van der Waals surface area contributed by atoms with Gasteiger partial charge in [-0.15, -0.1) is 11.3 Å². The molecule has 0 aliphatic rings. The molecule has 0 spiro atoms. The minimum absolute atomic E-state index is 0.124. The maximum atomic E-state index is 12.2. The van der Waals surface area contributed by atoms with Crippen molar-refractivity contribution in [3.63, 3.8) is 0 Å². The van der Waals surface area contributed by atoms with E-state index in [4.69, 9.17) is 23.2 Å². The number of carbonyl (C=O) groups excluding carboxylic acids is 1. The van der Waals surface area contributed by atoms with Gasteiger partial charge in [0, 0.05) is 11.9 Å². The van der Waals surface area contributed by atoms with Gasteiger partial charge in [0.2, 0.25) is 0 Å². The van der Waals surface area contributed by atoms with E-state index in [0.29, 0.717) is 20.7 Å². The van der Waals surface area contributed by atoms with E-state index in [1.807, 2.05) is 19.1 Å². The van der Waals surface area contributed by atoms with Crippen LogP contribution < -0.4 is 5.32 Å². The van der Waals surface area contributed by atoms with Crippen LogP contribution in [0.25, 0.3) is 0 Å². The maximum Gasteiger partial charge on any atom is 0.256 e. The zero-order valence-electron chi connectivity index (χ0n) is 10.7. The van der Waals surface area contributed by atoms with Crippen molar-refractivity contribution in [3.8, 4) is 0 Å². The molecule has 0 aliphatic carbocycles. The second kappa shape index (κ2) is 5.53. The summed E-state index contributed by atoms with van der Waals surface area (Å²) >= 11 is 13.4. The van der Waals surface area contributed by atoms with Crippen molar-refractivity contribution < 1.29 is 4.79 Å². The van der Waals surface area contributed by atoms with Crippen LogP contribution in [0.4, 0.5) is 0 Å². The Morgan fingerprint density at radius 3 is 2.63 bits per heavy atom. The molecule has 0 fully saturated rings.